The highest BCUT2D eigenvalue weighted by Gasteiger charge is 2.14. The van der Waals surface area contributed by atoms with Gasteiger partial charge in [-0.1, -0.05) is 48.2 Å². The molecule has 30 heavy (non-hydrogen) atoms. The molecule has 1 amide bonds. The number of para-hydroxylation sites is 2. The number of nitrogens with zero attached hydrogens (tertiary/aromatic N) is 2. The van der Waals surface area contributed by atoms with Crippen LogP contribution in [0.5, 0.6) is 0 Å². The van der Waals surface area contributed by atoms with E-state index in [4.69, 9.17) is 0 Å². The lowest BCUT2D eigenvalue weighted by molar-refractivity contribution is -0.113. The Morgan fingerprint density at radius 3 is 2.57 bits per heavy atom. The highest BCUT2D eigenvalue weighted by atomic mass is 32.2. The first-order valence-electron chi connectivity index (χ1n) is 9.29. The number of carbonyl (C=O) groups is 1. The molecule has 150 valence electrons. The van der Waals surface area contributed by atoms with Crippen molar-refractivity contribution in [2.45, 2.75) is 10.1 Å². The van der Waals surface area contributed by atoms with Gasteiger partial charge in [0.1, 0.15) is 0 Å². The largest absolute Gasteiger partial charge is 0.325 e. The van der Waals surface area contributed by atoms with E-state index < -0.39 is 0 Å². The van der Waals surface area contributed by atoms with Crippen molar-refractivity contribution in [1.82, 2.24) is 9.55 Å². The molecule has 1 aromatic heterocycles. The Balaban J connectivity index is 1.63. The van der Waals surface area contributed by atoms with E-state index >= 15 is 0 Å². The second-order valence-corrected chi connectivity index (χ2v) is 8.28. The van der Waals surface area contributed by atoms with Crippen molar-refractivity contribution in [2.24, 2.45) is 0 Å². The van der Waals surface area contributed by atoms with Crippen molar-refractivity contribution in [3.05, 3.63) is 89.2 Å². The van der Waals surface area contributed by atoms with Gasteiger partial charge in [-0.05, 0) is 48.7 Å². The fourth-order valence-electron chi connectivity index (χ4n) is 3.04. The fraction of sp³-hybridized carbons (Fsp3) is 0.0870. The van der Waals surface area contributed by atoms with Crippen LogP contribution in [-0.4, -0.2) is 27.5 Å². The predicted octanol–water partition coefficient (Wildman–Crippen LogP) is 4.84. The lowest BCUT2D eigenvalue weighted by Gasteiger charge is -2.13. The second-order valence-electron chi connectivity index (χ2n) is 6.46. The molecule has 5 nitrogen and oxygen atoms in total. The van der Waals surface area contributed by atoms with Crippen molar-refractivity contribution >= 4 is 46.0 Å². The number of fused-ring (bicyclic) bond motifs is 1. The maximum Gasteiger partial charge on any atom is 0.266 e. The average Bonchev–Trinajstić information content (AvgIpc) is 2.78. The van der Waals surface area contributed by atoms with Crippen molar-refractivity contribution < 1.29 is 4.79 Å². The molecule has 0 fully saturated rings. The molecule has 7 heteroatoms. The maximum absolute atomic E-state index is 13.2. The van der Waals surface area contributed by atoms with E-state index in [-0.39, 0.29) is 17.2 Å². The third-order valence-corrected chi connectivity index (χ3v) is 6.11. The second kappa shape index (κ2) is 9.19. The van der Waals surface area contributed by atoms with Crippen LogP contribution in [0.3, 0.4) is 0 Å². The zero-order valence-corrected chi connectivity index (χ0v) is 17.9. The number of rotatable bonds is 6. The van der Waals surface area contributed by atoms with Crippen LogP contribution in [0.4, 0.5) is 5.69 Å². The predicted molar refractivity (Wildman–Crippen MR) is 125 cm³/mol. The topological polar surface area (TPSA) is 64.0 Å². The summed E-state index contributed by atoms with van der Waals surface area (Å²) in [5.74, 6) is -0.0125. The van der Waals surface area contributed by atoms with Crippen molar-refractivity contribution in [1.29, 1.82) is 0 Å². The Labute approximate surface area is 182 Å². The molecule has 0 spiro atoms. The number of nitrogens with one attached hydrogen (secondary N) is 1. The minimum Gasteiger partial charge on any atom is -0.325 e. The van der Waals surface area contributed by atoms with Gasteiger partial charge in [-0.3, -0.25) is 14.2 Å². The maximum atomic E-state index is 13.2. The highest BCUT2D eigenvalue weighted by molar-refractivity contribution is 7.99. The molecule has 0 aliphatic rings. The van der Waals surface area contributed by atoms with Gasteiger partial charge in [-0.25, -0.2) is 4.98 Å². The van der Waals surface area contributed by atoms with Gasteiger partial charge in [-0.2, -0.15) is 0 Å². The molecule has 0 bridgehead atoms. The molecule has 1 heterocycles. The Morgan fingerprint density at radius 2 is 1.77 bits per heavy atom. The van der Waals surface area contributed by atoms with E-state index in [1.54, 1.807) is 22.4 Å². The van der Waals surface area contributed by atoms with Crippen LogP contribution < -0.4 is 10.9 Å². The quantitative estimate of drug-likeness (QED) is 0.348. The summed E-state index contributed by atoms with van der Waals surface area (Å²) in [6.45, 7) is 0. The van der Waals surface area contributed by atoms with Gasteiger partial charge < -0.3 is 5.32 Å². The summed E-state index contributed by atoms with van der Waals surface area (Å²) in [4.78, 5) is 31.4. The van der Waals surface area contributed by atoms with E-state index in [0.717, 1.165) is 16.3 Å². The van der Waals surface area contributed by atoms with Crippen molar-refractivity contribution in [2.75, 3.05) is 17.3 Å². The van der Waals surface area contributed by atoms with E-state index in [1.165, 1.54) is 11.8 Å². The van der Waals surface area contributed by atoms with Crippen LogP contribution in [0.1, 0.15) is 0 Å². The molecule has 0 saturated heterocycles. The minimum atomic E-state index is -0.153. The Bertz CT molecular complexity index is 1260. The lowest BCUT2D eigenvalue weighted by atomic mass is 10.2. The summed E-state index contributed by atoms with van der Waals surface area (Å²) >= 11 is 2.86. The molecule has 0 atom stereocenters. The van der Waals surface area contributed by atoms with Crippen LogP contribution >= 0.6 is 23.5 Å². The molecule has 3 aromatic carbocycles. The molecule has 0 saturated carbocycles. The van der Waals surface area contributed by atoms with Crippen LogP contribution in [-0.2, 0) is 4.79 Å². The standard InChI is InChI=1S/C23H19N3O2S2/c1-29-18-11-7-8-16(14-18)24-21(27)15-30-23-25-20-13-6-5-12-19(20)22(28)26(23)17-9-3-2-4-10-17/h2-14H,15H2,1H3,(H,24,27). The molecule has 0 unspecified atom stereocenters. The molecular formula is C23H19N3O2S2. The fourth-order valence-corrected chi connectivity index (χ4v) is 4.31. The van der Waals surface area contributed by atoms with Crippen molar-refractivity contribution in [3.8, 4) is 5.69 Å². The Morgan fingerprint density at radius 1 is 1.00 bits per heavy atom. The highest BCUT2D eigenvalue weighted by Crippen LogP contribution is 2.22. The SMILES string of the molecule is CSc1cccc(NC(=O)CSc2nc3ccccc3c(=O)n2-c2ccccc2)c1. The Kier molecular flexibility index (Phi) is 6.21. The van der Waals surface area contributed by atoms with E-state index in [2.05, 4.69) is 10.3 Å². The summed E-state index contributed by atoms with van der Waals surface area (Å²) in [5, 5.41) is 3.94. The number of benzene rings is 3. The summed E-state index contributed by atoms with van der Waals surface area (Å²) in [7, 11) is 0. The summed E-state index contributed by atoms with van der Waals surface area (Å²) in [6.07, 6.45) is 1.99. The van der Waals surface area contributed by atoms with Gasteiger partial charge in [0.15, 0.2) is 5.16 Å². The van der Waals surface area contributed by atoms with Gasteiger partial charge in [0.05, 0.1) is 22.3 Å². The third kappa shape index (κ3) is 4.42. The first kappa shape index (κ1) is 20.3. The zero-order chi connectivity index (χ0) is 20.9. The van der Waals surface area contributed by atoms with Crippen molar-refractivity contribution in [3.63, 3.8) is 0 Å². The van der Waals surface area contributed by atoms with Crippen LogP contribution in [0.15, 0.2) is 93.7 Å². The first-order chi connectivity index (χ1) is 14.7. The Hall–Kier alpha value is -3.03. The van der Waals surface area contributed by atoms with Gasteiger partial charge in [0, 0.05) is 10.6 Å². The van der Waals surface area contributed by atoms with E-state index in [1.807, 2.05) is 79.1 Å². The van der Waals surface area contributed by atoms with Crippen LogP contribution in [0.25, 0.3) is 16.6 Å². The summed E-state index contributed by atoms with van der Waals surface area (Å²) < 4.78 is 1.56. The van der Waals surface area contributed by atoms with Gasteiger partial charge in [0.25, 0.3) is 5.56 Å². The third-order valence-electron chi connectivity index (χ3n) is 4.45. The number of anilines is 1. The summed E-state index contributed by atoms with van der Waals surface area (Å²) in [5.41, 5.74) is 1.93. The van der Waals surface area contributed by atoms with Crippen LogP contribution in [0.2, 0.25) is 0 Å². The smallest absolute Gasteiger partial charge is 0.266 e. The number of hydrogen-bond donors (Lipinski definition) is 1. The monoisotopic (exact) mass is 433 g/mol. The molecule has 0 radical (unpaired) electrons. The van der Waals surface area contributed by atoms with E-state index in [0.29, 0.717) is 16.1 Å². The number of amides is 1. The van der Waals surface area contributed by atoms with Crippen LogP contribution in [0, 0.1) is 0 Å². The summed E-state index contributed by atoms with van der Waals surface area (Å²) in [6, 6.07) is 24.3. The molecule has 0 aliphatic carbocycles. The van der Waals surface area contributed by atoms with Gasteiger partial charge in [-0.15, -0.1) is 11.8 Å². The first-order valence-corrected chi connectivity index (χ1v) is 11.5. The van der Waals surface area contributed by atoms with Gasteiger partial charge >= 0.3 is 0 Å². The molecule has 4 rings (SSSR count). The normalized spacial score (nSPS) is 10.8. The molecule has 0 aliphatic heterocycles. The van der Waals surface area contributed by atoms with E-state index in [9.17, 15) is 9.59 Å². The number of carbonyl (C=O) groups excluding carboxylic acids is 1. The number of thioether (sulfide) groups is 2. The molecular weight excluding hydrogens is 414 g/mol. The minimum absolute atomic E-state index is 0.140. The number of aromatic nitrogens is 2. The zero-order valence-electron chi connectivity index (χ0n) is 16.2. The molecule has 1 N–H and O–H groups in total. The number of hydrogen-bond acceptors (Lipinski definition) is 5. The van der Waals surface area contributed by atoms with Gasteiger partial charge in [0.2, 0.25) is 5.91 Å². The average molecular weight is 434 g/mol. The lowest BCUT2D eigenvalue weighted by Crippen LogP contribution is -2.22. The molecule has 4 aromatic rings.